The predicted molar refractivity (Wildman–Crippen MR) is 110 cm³/mol. The van der Waals surface area contributed by atoms with Gasteiger partial charge in [-0.25, -0.2) is 4.98 Å². The van der Waals surface area contributed by atoms with Gasteiger partial charge < -0.3 is 20.1 Å². The van der Waals surface area contributed by atoms with E-state index in [0.29, 0.717) is 17.5 Å². The molecule has 2 aromatic heterocycles. The molecule has 0 fully saturated rings. The first-order valence-electron chi connectivity index (χ1n) is 8.69. The topological polar surface area (TPSA) is 81.2 Å². The maximum Gasteiger partial charge on any atom is 0.229 e. The zero-order valence-electron chi connectivity index (χ0n) is 15.5. The molecule has 2 heterocycles. The number of pyridine rings is 1. The number of aromatic nitrogens is 3. The number of hydrogen-bond donors (Lipinski definition) is 2. The number of anilines is 4. The Bertz CT molecular complexity index is 1110. The van der Waals surface area contributed by atoms with Gasteiger partial charge in [0.15, 0.2) is 0 Å². The van der Waals surface area contributed by atoms with E-state index in [0.717, 1.165) is 28.0 Å². The Balaban J connectivity index is 1.60. The van der Waals surface area contributed by atoms with Crippen molar-refractivity contribution in [3.05, 3.63) is 67.0 Å². The average molecular weight is 373 g/mol. The summed E-state index contributed by atoms with van der Waals surface area (Å²) in [5.74, 6) is 2.48. The van der Waals surface area contributed by atoms with Gasteiger partial charge in [0.05, 0.1) is 31.1 Å². The molecule has 4 aromatic rings. The quantitative estimate of drug-likeness (QED) is 0.514. The molecule has 0 aliphatic rings. The van der Waals surface area contributed by atoms with E-state index in [2.05, 4.69) is 25.6 Å². The molecule has 0 saturated heterocycles. The van der Waals surface area contributed by atoms with Crippen LogP contribution in [-0.2, 0) is 0 Å². The molecule has 140 valence electrons. The smallest absolute Gasteiger partial charge is 0.229 e. The van der Waals surface area contributed by atoms with Gasteiger partial charge in [-0.1, -0.05) is 18.2 Å². The predicted octanol–water partition coefficient (Wildman–Crippen LogP) is 4.53. The zero-order valence-corrected chi connectivity index (χ0v) is 15.5. The van der Waals surface area contributed by atoms with Crippen molar-refractivity contribution in [2.45, 2.75) is 0 Å². The fourth-order valence-corrected chi connectivity index (χ4v) is 2.85. The van der Waals surface area contributed by atoms with Crippen LogP contribution in [0.15, 0.2) is 67.0 Å². The Morgan fingerprint density at radius 2 is 1.68 bits per heavy atom. The minimum atomic E-state index is 0.468. The molecule has 0 atom stereocenters. The van der Waals surface area contributed by atoms with E-state index < -0.39 is 0 Å². The molecule has 0 amide bonds. The molecule has 7 heteroatoms. The molecule has 2 N–H and O–H groups in total. The van der Waals surface area contributed by atoms with Crippen molar-refractivity contribution in [2.24, 2.45) is 0 Å². The van der Waals surface area contributed by atoms with Gasteiger partial charge in [-0.05, 0) is 30.3 Å². The van der Waals surface area contributed by atoms with E-state index in [1.165, 1.54) is 0 Å². The first-order valence-corrected chi connectivity index (χ1v) is 8.69. The molecular formula is C21H19N5O2. The molecule has 28 heavy (non-hydrogen) atoms. The van der Waals surface area contributed by atoms with Crippen LogP contribution in [0.3, 0.4) is 0 Å². The van der Waals surface area contributed by atoms with Crippen molar-refractivity contribution in [3.8, 4) is 11.5 Å². The molecular weight excluding hydrogens is 354 g/mol. The maximum absolute atomic E-state index is 5.42. The summed E-state index contributed by atoms with van der Waals surface area (Å²) in [7, 11) is 3.23. The Kier molecular flexibility index (Phi) is 4.88. The number of benzene rings is 2. The number of hydrogen-bond acceptors (Lipinski definition) is 7. The molecule has 0 radical (unpaired) electrons. The average Bonchev–Trinajstić information content (AvgIpc) is 2.74. The van der Waals surface area contributed by atoms with Crippen LogP contribution in [0, 0.1) is 0 Å². The fourth-order valence-electron chi connectivity index (χ4n) is 2.85. The summed E-state index contributed by atoms with van der Waals surface area (Å²) in [6.45, 7) is 0. The fraction of sp³-hybridized carbons (Fsp3) is 0.0952. The van der Waals surface area contributed by atoms with Crippen LogP contribution < -0.4 is 20.1 Å². The summed E-state index contributed by atoms with van der Waals surface area (Å²) in [5, 5.41) is 7.54. The Morgan fingerprint density at radius 3 is 2.54 bits per heavy atom. The second-order valence-electron chi connectivity index (χ2n) is 5.96. The molecule has 0 bridgehead atoms. The number of methoxy groups -OCH3 is 2. The summed E-state index contributed by atoms with van der Waals surface area (Å²) in [6, 6.07) is 17.2. The van der Waals surface area contributed by atoms with E-state index in [1.807, 2.05) is 48.5 Å². The van der Waals surface area contributed by atoms with E-state index >= 15 is 0 Å². The SMILES string of the molecule is COc1ccc(Nc2ccnc(Nc3cccc4cccnc34)n2)c(OC)c1. The number of rotatable bonds is 6. The van der Waals surface area contributed by atoms with Crippen LogP contribution in [0.4, 0.5) is 23.1 Å². The Hall–Kier alpha value is -3.87. The van der Waals surface area contributed by atoms with Gasteiger partial charge in [-0.15, -0.1) is 0 Å². The lowest BCUT2D eigenvalue weighted by Gasteiger charge is -2.13. The van der Waals surface area contributed by atoms with Crippen LogP contribution in [0.2, 0.25) is 0 Å². The van der Waals surface area contributed by atoms with Crippen LogP contribution >= 0.6 is 0 Å². The van der Waals surface area contributed by atoms with Crippen LogP contribution in [-0.4, -0.2) is 29.2 Å². The van der Waals surface area contributed by atoms with E-state index in [1.54, 1.807) is 32.7 Å². The number of nitrogens with zero attached hydrogens (tertiary/aromatic N) is 3. The van der Waals surface area contributed by atoms with Gasteiger partial charge in [0, 0.05) is 23.8 Å². The Morgan fingerprint density at radius 1 is 0.786 bits per heavy atom. The van der Waals surface area contributed by atoms with Crippen molar-refractivity contribution < 1.29 is 9.47 Å². The molecule has 7 nitrogen and oxygen atoms in total. The number of fused-ring (bicyclic) bond motifs is 1. The highest BCUT2D eigenvalue weighted by molar-refractivity contribution is 5.91. The first-order chi connectivity index (χ1) is 13.8. The molecule has 0 aliphatic heterocycles. The highest BCUT2D eigenvalue weighted by atomic mass is 16.5. The van der Waals surface area contributed by atoms with Gasteiger partial charge in [0.2, 0.25) is 5.95 Å². The monoisotopic (exact) mass is 373 g/mol. The maximum atomic E-state index is 5.42. The first kappa shape index (κ1) is 17.5. The van der Waals surface area contributed by atoms with Gasteiger partial charge in [-0.2, -0.15) is 4.98 Å². The summed E-state index contributed by atoms with van der Waals surface area (Å²) in [6.07, 6.45) is 3.45. The lowest BCUT2D eigenvalue weighted by atomic mass is 10.2. The molecule has 4 rings (SSSR count). The van der Waals surface area contributed by atoms with E-state index in [4.69, 9.17) is 9.47 Å². The van der Waals surface area contributed by atoms with Gasteiger partial charge in [0.25, 0.3) is 0 Å². The molecule has 0 spiro atoms. The summed E-state index contributed by atoms with van der Waals surface area (Å²) in [5.41, 5.74) is 2.49. The molecule has 0 saturated carbocycles. The molecule has 2 aromatic carbocycles. The van der Waals surface area contributed by atoms with Crippen molar-refractivity contribution in [2.75, 3.05) is 24.9 Å². The van der Waals surface area contributed by atoms with Crippen molar-refractivity contribution in [1.82, 2.24) is 15.0 Å². The third-order valence-electron chi connectivity index (χ3n) is 4.21. The van der Waals surface area contributed by atoms with Crippen molar-refractivity contribution >= 4 is 34.0 Å². The second-order valence-corrected chi connectivity index (χ2v) is 5.96. The lowest BCUT2D eigenvalue weighted by molar-refractivity contribution is 0.395. The number of para-hydroxylation sites is 1. The van der Waals surface area contributed by atoms with E-state index in [-0.39, 0.29) is 0 Å². The molecule has 0 aliphatic carbocycles. The largest absolute Gasteiger partial charge is 0.497 e. The van der Waals surface area contributed by atoms with Gasteiger partial charge in [-0.3, -0.25) is 4.98 Å². The minimum absolute atomic E-state index is 0.468. The van der Waals surface area contributed by atoms with Crippen LogP contribution in [0.1, 0.15) is 0 Å². The summed E-state index contributed by atoms with van der Waals surface area (Å²) in [4.78, 5) is 13.3. The second kappa shape index (κ2) is 7.79. The van der Waals surface area contributed by atoms with Crippen LogP contribution in [0.25, 0.3) is 10.9 Å². The van der Waals surface area contributed by atoms with Crippen molar-refractivity contribution in [3.63, 3.8) is 0 Å². The zero-order chi connectivity index (χ0) is 19.3. The van der Waals surface area contributed by atoms with Gasteiger partial charge in [0.1, 0.15) is 17.3 Å². The third kappa shape index (κ3) is 3.64. The minimum Gasteiger partial charge on any atom is -0.497 e. The number of ether oxygens (including phenoxy) is 2. The third-order valence-corrected chi connectivity index (χ3v) is 4.21. The lowest BCUT2D eigenvalue weighted by Crippen LogP contribution is -2.02. The van der Waals surface area contributed by atoms with Crippen molar-refractivity contribution in [1.29, 1.82) is 0 Å². The number of nitrogens with one attached hydrogen (secondary N) is 2. The highest BCUT2D eigenvalue weighted by Crippen LogP contribution is 2.31. The van der Waals surface area contributed by atoms with Crippen LogP contribution in [0.5, 0.6) is 11.5 Å². The normalized spacial score (nSPS) is 10.5. The standard InChI is InChI=1S/C21H19N5O2/c1-27-15-8-9-16(18(13-15)28-2)24-19-10-12-23-21(26-19)25-17-7-3-5-14-6-4-11-22-20(14)17/h3-13H,1-2H3,(H2,23,24,25,26). The van der Waals surface area contributed by atoms with E-state index in [9.17, 15) is 0 Å². The highest BCUT2D eigenvalue weighted by Gasteiger charge is 2.08. The summed E-state index contributed by atoms with van der Waals surface area (Å²) < 4.78 is 10.7. The molecule has 0 unspecified atom stereocenters. The Labute approximate surface area is 162 Å². The summed E-state index contributed by atoms with van der Waals surface area (Å²) >= 11 is 0. The van der Waals surface area contributed by atoms with Gasteiger partial charge >= 0.3 is 0 Å².